The van der Waals surface area contributed by atoms with Gasteiger partial charge in [-0.05, 0) is 31.0 Å². The summed E-state index contributed by atoms with van der Waals surface area (Å²) < 4.78 is 18.6. The fourth-order valence-electron chi connectivity index (χ4n) is 4.15. The summed E-state index contributed by atoms with van der Waals surface area (Å²) >= 11 is 5.97. The summed E-state index contributed by atoms with van der Waals surface area (Å²) in [7, 11) is 0. The zero-order valence-corrected chi connectivity index (χ0v) is 20.2. The fourth-order valence-corrected chi connectivity index (χ4v) is 4.32. The highest BCUT2D eigenvalue weighted by Crippen LogP contribution is 2.40. The zero-order chi connectivity index (χ0) is 23.8. The van der Waals surface area contributed by atoms with Gasteiger partial charge in [0.25, 0.3) is 0 Å². The summed E-state index contributed by atoms with van der Waals surface area (Å²) in [6.45, 7) is 3.90. The van der Waals surface area contributed by atoms with E-state index in [1.807, 2.05) is 0 Å². The maximum atomic E-state index is 12.3. The summed E-state index contributed by atoms with van der Waals surface area (Å²) in [6.07, 6.45) is 9.40. The van der Waals surface area contributed by atoms with Gasteiger partial charge in [-0.2, -0.15) is 4.98 Å². The highest BCUT2D eigenvalue weighted by Gasteiger charge is 2.48. The van der Waals surface area contributed by atoms with Crippen LogP contribution in [0.25, 0.3) is 11.0 Å². The molecule has 10 heteroatoms. The molecule has 33 heavy (non-hydrogen) atoms. The van der Waals surface area contributed by atoms with E-state index in [2.05, 4.69) is 16.9 Å². The van der Waals surface area contributed by atoms with Gasteiger partial charge in [0.05, 0.1) is 18.6 Å². The number of aliphatic hydroxyl groups is 1. The molecule has 0 radical (unpaired) electrons. The first-order valence-electron chi connectivity index (χ1n) is 11.8. The average molecular weight is 483 g/mol. The molecule has 3 N–H and O–H groups in total. The average Bonchev–Trinajstić information content (AvgIpc) is 3.34. The molecule has 0 aliphatic carbocycles. The van der Waals surface area contributed by atoms with Gasteiger partial charge in [-0.3, -0.25) is 0 Å². The number of fused-ring (bicyclic) bond motifs is 1. The Morgan fingerprint density at radius 1 is 1.27 bits per heavy atom. The third kappa shape index (κ3) is 6.49. The Morgan fingerprint density at radius 2 is 1.97 bits per heavy atom. The van der Waals surface area contributed by atoms with Gasteiger partial charge >= 0.3 is 6.16 Å². The highest BCUT2D eigenvalue weighted by molar-refractivity contribution is 6.28. The third-order valence-electron chi connectivity index (χ3n) is 6.16. The number of nitrogens with zero attached hydrogens (tertiary/aromatic N) is 3. The van der Waals surface area contributed by atoms with E-state index in [4.69, 9.17) is 31.5 Å². The van der Waals surface area contributed by atoms with Crippen LogP contribution in [0.5, 0.6) is 0 Å². The highest BCUT2D eigenvalue weighted by atomic mass is 35.5. The molecular formula is C23H35ClN4O5. The summed E-state index contributed by atoms with van der Waals surface area (Å²) in [4.78, 5) is 20.5. The van der Waals surface area contributed by atoms with Gasteiger partial charge in [-0.1, -0.05) is 51.9 Å². The van der Waals surface area contributed by atoms with Gasteiger partial charge < -0.3 is 29.6 Å². The summed E-state index contributed by atoms with van der Waals surface area (Å²) in [5.41, 5.74) is 5.36. The van der Waals surface area contributed by atoms with E-state index in [1.165, 1.54) is 32.1 Å². The van der Waals surface area contributed by atoms with Crippen molar-refractivity contribution in [2.75, 3.05) is 18.9 Å². The van der Waals surface area contributed by atoms with E-state index >= 15 is 0 Å². The molecule has 9 nitrogen and oxygen atoms in total. The summed E-state index contributed by atoms with van der Waals surface area (Å²) in [5, 5.41) is 10.6. The van der Waals surface area contributed by atoms with E-state index in [0.29, 0.717) is 24.1 Å². The van der Waals surface area contributed by atoms with Crippen molar-refractivity contribution in [1.29, 1.82) is 0 Å². The Kier molecular flexibility index (Phi) is 9.17. The second kappa shape index (κ2) is 11.9. The minimum atomic E-state index is -1.08. The van der Waals surface area contributed by atoms with Crippen molar-refractivity contribution in [3.8, 4) is 0 Å². The van der Waals surface area contributed by atoms with Crippen molar-refractivity contribution in [3.05, 3.63) is 17.5 Å². The van der Waals surface area contributed by atoms with Gasteiger partial charge in [-0.15, -0.1) is 0 Å². The zero-order valence-electron chi connectivity index (χ0n) is 19.5. The van der Waals surface area contributed by atoms with Gasteiger partial charge in [-0.25, -0.2) is 9.78 Å². The van der Waals surface area contributed by atoms with E-state index in [0.717, 1.165) is 19.3 Å². The number of unbranched alkanes of at least 4 members (excludes halogenated alkanes) is 7. The number of hydrogen-bond acceptors (Lipinski definition) is 8. The van der Waals surface area contributed by atoms with Crippen molar-refractivity contribution >= 4 is 34.6 Å². The molecule has 1 fully saturated rings. The minimum absolute atomic E-state index is 0.0280. The number of ether oxygens (including phenoxy) is 3. The molecular weight excluding hydrogens is 448 g/mol. The van der Waals surface area contributed by atoms with Crippen LogP contribution in [0, 0.1) is 0 Å². The topological polar surface area (TPSA) is 122 Å². The lowest BCUT2D eigenvalue weighted by atomic mass is 10.0. The normalized spacial score (nSPS) is 22.7. The Hall–Kier alpha value is -2.10. The predicted octanol–water partition coefficient (Wildman–Crippen LogP) is 5.00. The molecule has 0 bridgehead atoms. The predicted molar refractivity (Wildman–Crippen MR) is 126 cm³/mol. The molecule has 3 rings (SSSR count). The number of carbonyl (C=O) groups excluding carboxylic acids is 1. The lowest BCUT2D eigenvalue weighted by Crippen LogP contribution is -2.42. The number of rotatable bonds is 12. The fraction of sp³-hybridized carbons (Fsp3) is 0.696. The number of nitrogen functional groups attached to an aromatic ring is 1. The Morgan fingerprint density at radius 3 is 2.67 bits per heavy atom. The Balaban J connectivity index is 1.50. The van der Waals surface area contributed by atoms with Crippen LogP contribution in [-0.4, -0.2) is 50.7 Å². The standard InChI is InChI=1S/C23H35ClN4O5/c1-3-4-5-6-7-8-9-10-13-31-22(30)32-17-14-18(33-23(17,2)15-29)28-12-11-16-19(25)26-21(24)27-20(16)28/h11-12,17-18,29H,3-10,13-15H2,1-2H3,(H2,25,26,27)/t17-,18+,23+/m0/s1. The van der Waals surface area contributed by atoms with E-state index in [1.54, 1.807) is 23.8 Å². The number of aromatic nitrogens is 3. The number of nitrogens with two attached hydrogens (primary N) is 1. The molecule has 0 spiro atoms. The second-order valence-corrected chi connectivity index (χ2v) is 9.14. The van der Waals surface area contributed by atoms with Crippen LogP contribution < -0.4 is 5.73 Å². The molecule has 2 aromatic heterocycles. The van der Waals surface area contributed by atoms with Gasteiger partial charge in [0.1, 0.15) is 29.4 Å². The molecule has 3 heterocycles. The van der Waals surface area contributed by atoms with Crippen molar-refractivity contribution < 1.29 is 24.1 Å². The van der Waals surface area contributed by atoms with E-state index in [-0.39, 0.29) is 17.7 Å². The Labute approximate surface area is 199 Å². The molecule has 0 aromatic carbocycles. The molecule has 1 saturated heterocycles. The summed E-state index contributed by atoms with van der Waals surface area (Å²) in [6, 6.07) is 1.77. The largest absolute Gasteiger partial charge is 0.508 e. The van der Waals surface area contributed by atoms with Crippen LogP contribution in [0.2, 0.25) is 5.28 Å². The van der Waals surface area contributed by atoms with Crippen LogP contribution in [-0.2, 0) is 14.2 Å². The monoisotopic (exact) mass is 482 g/mol. The maximum absolute atomic E-state index is 12.3. The first-order valence-corrected chi connectivity index (χ1v) is 12.2. The van der Waals surface area contributed by atoms with Crippen molar-refractivity contribution in [2.45, 2.75) is 89.6 Å². The van der Waals surface area contributed by atoms with E-state index in [9.17, 15) is 9.90 Å². The van der Waals surface area contributed by atoms with Gasteiger partial charge in [0, 0.05) is 12.6 Å². The third-order valence-corrected chi connectivity index (χ3v) is 6.33. The van der Waals surface area contributed by atoms with Crippen molar-refractivity contribution in [2.24, 2.45) is 0 Å². The van der Waals surface area contributed by atoms with Crippen LogP contribution in [0.15, 0.2) is 12.3 Å². The maximum Gasteiger partial charge on any atom is 0.508 e. The molecule has 0 saturated carbocycles. The smallest absolute Gasteiger partial charge is 0.434 e. The lowest BCUT2D eigenvalue weighted by Gasteiger charge is -2.27. The van der Waals surface area contributed by atoms with Gasteiger partial charge in [0.15, 0.2) is 0 Å². The molecule has 3 atom stereocenters. The number of aliphatic hydroxyl groups excluding tert-OH is 1. The van der Waals surface area contributed by atoms with Crippen molar-refractivity contribution in [3.63, 3.8) is 0 Å². The van der Waals surface area contributed by atoms with Gasteiger partial charge in [0.2, 0.25) is 5.28 Å². The van der Waals surface area contributed by atoms with Crippen LogP contribution in [0.1, 0.15) is 77.9 Å². The van der Waals surface area contributed by atoms with E-state index < -0.39 is 24.1 Å². The molecule has 0 unspecified atom stereocenters. The van der Waals surface area contributed by atoms with Crippen LogP contribution >= 0.6 is 11.6 Å². The first kappa shape index (κ1) is 25.5. The molecule has 184 valence electrons. The SMILES string of the molecule is CCCCCCCCCCOC(=O)O[C@H]1C[C@H](n2ccc3c(N)nc(Cl)nc32)O[C@]1(C)CO. The number of hydrogen-bond donors (Lipinski definition) is 2. The molecule has 0 amide bonds. The quantitative estimate of drug-likeness (QED) is 0.246. The molecule has 2 aromatic rings. The number of anilines is 1. The first-order chi connectivity index (χ1) is 15.9. The Bertz CT molecular complexity index is 924. The van der Waals surface area contributed by atoms with Crippen LogP contribution in [0.3, 0.4) is 0 Å². The summed E-state index contributed by atoms with van der Waals surface area (Å²) in [5.74, 6) is 0.268. The number of halogens is 1. The van der Waals surface area contributed by atoms with Crippen LogP contribution in [0.4, 0.5) is 10.6 Å². The molecule has 1 aliphatic rings. The minimum Gasteiger partial charge on any atom is -0.434 e. The molecule has 1 aliphatic heterocycles. The lowest BCUT2D eigenvalue weighted by molar-refractivity contribution is -0.121. The second-order valence-electron chi connectivity index (χ2n) is 8.80. The van der Waals surface area contributed by atoms with Crippen molar-refractivity contribution in [1.82, 2.24) is 14.5 Å². The number of carbonyl (C=O) groups is 1.